The predicted molar refractivity (Wildman–Crippen MR) is 97.7 cm³/mol. The summed E-state index contributed by atoms with van der Waals surface area (Å²) >= 11 is 0. The highest BCUT2D eigenvalue weighted by atomic mass is 32.2. The van der Waals surface area contributed by atoms with E-state index in [9.17, 15) is 13.2 Å². The number of anilines is 1. The van der Waals surface area contributed by atoms with Crippen LogP contribution in [0.2, 0.25) is 0 Å². The Morgan fingerprint density at radius 2 is 1.96 bits per heavy atom. The summed E-state index contributed by atoms with van der Waals surface area (Å²) < 4.78 is 26.0. The summed E-state index contributed by atoms with van der Waals surface area (Å²) in [5.41, 5.74) is 2.65. The van der Waals surface area contributed by atoms with E-state index >= 15 is 0 Å². The lowest BCUT2D eigenvalue weighted by Gasteiger charge is -2.36. The Morgan fingerprint density at radius 1 is 1.29 bits per heavy atom. The van der Waals surface area contributed by atoms with Crippen molar-refractivity contribution >= 4 is 21.6 Å². The predicted octanol–water partition coefficient (Wildman–Crippen LogP) is 2.72. The number of nitrogens with zero attached hydrogens (tertiary/aromatic N) is 2. The van der Waals surface area contributed by atoms with Gasteiger partial charge in [0.15, 0.2) is 0 Å². The largest absolute Gasteiger partial charge is 0.341 e. The average molecular weight is 353 g/mol. The smallest absolute Gasteiger partial charge is 0.246 e. The van der Waals surface area contributed by atoms with Gasteiger partial charge in [-0.05, 0) is 62.8 Å². The van der Waals surface area contributed by atoms with Gasteiger partial charge in [0, 0.05) is 13.1 Å². The minimum Gasteiger partial charge on any atom is -0.341 e. The molecule has 1 heterocycles. The molecule has 0 saturated carbocycles. The molecule has 0 unspecified atom stereocenters. The number of rotatable bonds is 4. The number of carbonyl (C=O) groups is 1. The van der Waals surface area contributed by atoms with Crippen LogP contribution in [0.1, 0.15) is 37.8 Å². The summed E-state index contributed by atoms with van der Waals surface area (Å²) in [7, 11) is -3.56. The molecule has 5 nitrogen and oxygen atoms in total. The van der Waals surface area contributed by atoms with Crippen molar-refractivity contribution in [2.75, 3.05) is 23.7 Å². The molecule has 134 valence electrons. The van der Waals surface area contributed by atoms with Crippen LogP contribution in [0, 0.1) is 19.8 Å². The van der Waals surface area contributed by atoms with Gasteiger partial charge in [0.05, 0.1) is 11.9 Å². The molecule has 0 bridgehead atoms. The molecular weight excluding hydrogens is 324 g/mol. The zero-order chi connectivity index (χ0) is 18.1. The normalized spacial score (nSPS) is 19.9. The number of likely N-dealkylation sites (tertiary alicyclic amines) is 1. The number of benzene rings is 1. The SMILES string of the molecule is Cc1ccc(N([C@@H](C)C(=O)N2CCC[C@@H](C)C2)S(C)(=O)=O)cc1C. The van der Waals surface area contributed by atoms with E-state index < -0.39 is 16.1 Å². The molecule has 1 amide bonds. The fourth-order valence-corrected chi connectivity index (χ4v) is 4.48. The second-order valence-electron chi connectivity index (χ2n) is 7.04. The topological polar surface area (TPSA) is 57.7 Å². The number of piperidine rings is 1. The average Bonchev–Trinajstić information content (AvgIpc) is 2.48. The van der Waals surface area contributed by atoms with Crippen LogP contribution in [0.3, 0.4) is 0 Å². The first kappa shape index (κ1) is 18.8. The van der Waals surface area contributed by atoms with E-state index in [4.69, 9.17) is 0 Å². The zero-order valence-electron chi connectivity index (χ0n) is 15.2. The lowest BCUT2D eigenvalue weighted by atomic mass is 9.99. The summed E-state index contributed by atoms with van der Waals surface area (Å²) in [6.45, 7) is 9.14. The Kier molecular flexibility index (Phi) is 5.58. The number of sulfonamides is 1. The standard InChI is InChI=1S/C18H28N2O3S/c1-13-7-6-10-19(12-13)18(21)16(4)20(24(5,22)23)17-9-8-14(2)15(3)11-17/h8-9,11,13,16H,6-7,10,12H2,1-5H3/t13-,16+/m1/s1. The molecule has 6 heteroatoms. The maximum absolute atomic E-state index is 12.9. The van der Waals surface area contributed by atoms with Gasteiger partial charge < -0.3 is 4.90 Å². The lowest BCUT2D eigenvalue weighted by molar-refractivity contribution is -0.133. The molecule has 1 fully saturated rings. The Bertz CT molecular complexity index is 715. The van der Waals surface area contributed by atoms with Gasteiger partial charge in [0.2, 0.25) is 15.9 Å². The van der Waals surface area contributed by atoms with Gasteiger partial charge in [-0.15, -0.1) is 0 Å². The van der Waals surface area contributed by atoms with Gasteiger partial charge >= 0.3 is 0 Å². The van der Waals surface area contributed by atoms with Crippen LogP contribution >= 0.6 is 0 Å². The summed E-state index contributed by atoms with van der Waals surface area (Å²) in [5, 5.41) is 0. The number of aryl methyl sites for hydroxylation is 2. The van der Waals surface area contributed by atoms with E-state index in [1.54, 1.807) is 17.9 Å². The molecule has 0 radical (unpaired) electrons. The zero-order valence-corrected chi connectivity index (χ0v) is 16.1. The Labute approximate surface area is 145 Å². The van der Waals surface area contributed by atoms with Crippen molar-refractivity contribution in [3.05, 3.63) is 29.3 Å². The summed E-state index contributed by atoms with van der Waals surface area (Å²) in [6.07, 6.45) is 3.25. The van der Waals surface area contributed by atoms with Gasteiger partial charge in [-0.3, -0.25) is 9.10 Å². The van der Waals surface area contributed by atoms with Crippen molar-refractivity contribution in [2.24, 2.45) is 5.92 Å². The van der Waals surface area contributed by atoms with Crippen molar-refractivity contribution in [1.82, 2.24) is 4.90 Å². The molecule has 0 N–H and O–H groups in total. The second-order valence-corrected chi connectivity index (χ2v) is 8.89. The van der Waals surface area contributed by atoms with E-state index in [-0.39, 0.29) is 5.91 Å². The van der Waals surface area contributed by atoms with Crippen LogP contribution in [0.25, 0.3) is 0 Å². The molecular formula is C18H28N2O3S. The van der Waals surface area contributed by atoms with E-state index in [2.05, 4.69) is 6.92 Å². The third-order valence-corrected chi connectivity index (χ3v) is 6.02. The quantitative estimate of drug-likeness (QED) is 0.837. The molecule has 1 aromatic carbocycles. The molecule has 1 saturated heterocycles. The van der Waals surface area contributed by atoms with Gasteiger partial charge in [0.1, 0.15) is 6.04 Å². The molecule has 24 heavy (non-hydrogen) atoms. The van der Waals surface area contributed by atoms with Gasteiger partial charge in [-0.1, -0.05) is 13.0 Å². The van der Waals surface area contributed by atoms with Gasteiger partial charge in [0.25, 0.3) is 0 Å². The van der Waals surface area contributed by atoms with Crippen LogP contribution in [0.5, 0.6) is 0 Å². The third kappa shape index (κ3) is 4.09. The molecule has 2 rings (SSSR count). The minimum absolute atomic E-state index is 0.120. The van der Waals surface area contributed by atoms with Crippen molar-refractivity contribution in [3.8, 4) is 0 Å². The van der Waals surface area contributed by atoms with E-state index in [0.717, 1.165) is 30.2 Å². The Balaban J connectivity index is 2.33. The fraction of sp³-hybridized carbons (Fsp3) is 0.611. The van der Waals surface area contributed by atoms with Crippen molar-refractivity contribution in [3.63, 3.8) is 0 Å². The molecule has 0 spiro atoms. The third-order valence-electron chi connectivity index (χ3n) is 4.78. The molecule has 1 aliphatic rings. The summed E-state index contributed by atoms with van der Waals surface area (Å²) in [5.74, 6) is 0.341. The van der Waals surface area contributed by atoms with E-state index in [1.165, 1.54) is 4.31 Å². The van der Waals surface area contributed by atoms with Crippen LogP contribution in [0.4, 0.5) is 5.69 Å². The fourth-order valence-electron chi connectivity index (χ4n) is 3.32. The highest BCUT2D eigenvalue weighted by molar-refractivity contribution is 7.92. The molecule has 0 aliphatic carbocycles. The summed E-state index contributed by atoms with van der Waals surface area (Å²) in [6, 6.07) is 4.75. The second kappa shape index (κ2) is 7.13. The molecule has 1 aliphatic heterocycles. The van der Waals surface area contributed by atoms with Crippen LogP contribution < -0.4 is 4.31 Å². The van der Waals surface area contributed by atoms with Crippen LogP contribution in [-0.2, 0) is 14.8 Å². The first-order valence-corrected chi connectivity index (χ1v) is 10.3. The summed E-state index contributed by atoms with van der Waals surface area (Å²) in [4.78, 5) is 14.7. The maximum Gasteiger partial charge on any atom is 0.246 e. The maximum atomic E-state index is 12.9. The molecule has 1 aromatic rings. The highest BCUT2D eigenvalue weighted by Crippen LogP contribution is 2.25. The highest BCUT2D eigenvalue weighted by Gasteiger charge is 2.33. The lowest BCUT2D eigenvalue weighted by Crippen LogP contribution is -2.51. The van der Waals surface area contributed by atoms with E-state index in [1.807, 2.05) is 26.0 Å². The van der Waals surface area contributed by atoms with Gasteiger partial charge in [-0.25, -0.2) is 8.42 Å². The van der Waals surface area contributed by atoms with E-state index in [0.29, 0.717) is 24.7 Å². The van der Waals surface area contributed by atoms with Crippen molar-refractivity contribution in [1.29, 1.82) is 0 Å². The molecule has 2 atom stereocenters. The van der Waals surface area contributed by atoms with Crippen molar-refractivity contribution in [2.45, 2.75) is 46.6 Å². The Morgan fingerprint density at radius 3 is 2.50 bits per heavy atom. The monoisotopic (exact) mass is 352 g/mol. The van der Waals surface area contributed by atoms with Gasteiger partial charge in [-0.2, -0.15) is 0 Å². The van der Waals surface area contributed by atoms with Crippen LogP contribution in [-0.4, -0.2) is 44.6 Å². The number of hydrogen-bond acceptors (Lipinski definition) is 3. The number of hydrogen-bond donors (Lipinski definition) is 0. The Hall–Kier alpha value is -1.56. The number of carbonyl (C=O) groups excluding carboxylic acids is 1. The minimum atomic E-state index is -3.56. The molecule has 0 aromatic heterocycles. The van der Waals surface area contributed by atoms with Crippen molar-refractivity contribution < 1.29 is 13.2 Å². The first-order valence-electron chi connectivity index (χ1n) is 8.46. The van der Waals surface area contributed by atoms with Crippen LogP contribution in [0.15, 0.2) is 18.2 Å². The number of amides is 1. The first-order chi connectivity index (χ1) is 11.1.